The zero-order valence-corrected chi connectivity index (χ0v) is 12.3. The van der Waals surface area contributed by atoms with E-state index in [1.54, 1.807) is 7.11 Å². The number of methoxy groups -OCH3 is 1. The Labute approximate surface area is 112 Å². The molecule has 0 aliphatic heterocycles. The van der Waals surface area contributed by atoms with E-state index in [4.69, 9.17) is 10.5 Å². The summed E-state index contributed by atoms with van der Waals surface area (Å²) < 4.78 is 6.77. The molecule has 1 aliphatic carbocycles. The Balaban J connectivity index is 2.58. The summed E-state index contributed by atoms with van der Waals surface area (Å²) in [4.78, 5) is 0. The van der Waals surface area contributed by atoms with E-state index in [9.17, 15) is 0 Å². The maximum Gasteiger partial charge on any atom is 0.126 e. The van der Waals surface area contributed by atoms with Crippen LogP contribution in [-0.2, 0) is 5.41 Å². The van der Waals surface area contributed by atoms with Gasteiger partial charge in [0.05, 0.1) is 7.11 Å². The maximum atomic E-state index is 5.93. The van der Waals surface area contributed by atoms with Crippen molar-refractivity contribution in [2.45, 2.75) is 38.0 Å². The highest BCUT2D eigenvalue weighted by atomic mass is 79.9. The minimum Gasteiger partial charge on any atom is -0.496 e. The van der Waals surface area contributed by atoms with E-state index in [0.717, 1.165) is 10.2 Å². The van der Waals surface area contributed by atoms with Gasteiger partial charge in [-0.15, -0.1) is 0 Å². The van der Waals surface area contributed by atoms with Crippen LogP contribution in [0.4, 0.5) is 0 Å². The SMILES string of the molecule is COc1c(C(C)C)cc(Br)cc1C1(CN)CC1. The van der Waals surface area contributed by atoms with Gasteiger partial charge in [-0.3, -0.25) is 0 Å². The van der Waals surface area contributed by atoms with Gasteiger partial charge in [0.15, 0.2) is 0 Å². The highest BCUT2D eigenvalue weighted by Gasteiger charge is 2.45. The molecule has 0 spiro atoms. The summed E-state index contributed by atoms with van der Waals surface area (Å²) in [6.45, 7) is 5.09. The van der Waals surface area contributed by atoms with Gasteiger partial charge in [0.25, 0.3) is 0 Å². The molecule has 0 radical (unpaired) electrons. The van der Waals surface area contributed by atoms with Crippen molar-refractivity contribution in [2.24, 2.45) is 5.73 Å². The lowest BCUT2D eigenvalue weighted by Gasteiger charge is -2.22. The van der Waals surface area contributed by atoms with Crippen LogP contribution in [0, 0.1) is 0 Å². The maximum absolute atomic E-state index is 5.93. The predicted molar refractivity (Wildman–Crippen MR) is 74.7 cm³/mol. The summed E-state index contributed by atoms with van der Waals surface area (Å²) in [7, 11) is 1.76. The summed E-state index contributed by atoms with van der Waals surface area (Å²) in [5.74, 6) is 1.49. The fourth-order valence-electron chi connectivity index (χ4n) is 2.40. The molecule has 0 bridgehead atoms. The van der Waals surface area contributed by atoms with Crippen molar-refractivity contribution in [3.05, 3.63) is 27.7 Å². The molecule has 0 unspecified atom stereocenters. The first kappa shape index (κ1) is 12.9. The first-order valence-electron chi connectivity index (χ1n) is 6.12. The molecule has 2 nitrogen and oxygen atoms in total. The molecule has 2 N–H and O–H groups in total. The van der Waals surface area contributed by atoms with E-state index in [0.29, 0.717) is 12.5 Å². The van der Waals surface area contributed by atoms with Gasteiger partial charge in [0.1, 0.15) is 5.75 Å². The van der Waals surface area contributed by atoms with Crippen LogP contribution in [0.25, 0.3) is 0 Å². The van der Waals surface area contributed by atoms with Gasteiger partial charge in [-0.25, -0.2) is 0 Å². The van der Waals surface area contributed by atoms with Crippen molar-refractivity contribution >= 4 is 15.9 Å². The van der Waals surface area contributed by atoms with Crippen LogP contribution in [0.1, 0.15) is 43.7 Å². The predicted octanol–water partition coefficient (Wildman–Crippen LogP) is 3.57. The van der Waals surface area contributed by atoms with Crippen LogP contribution in [0.2, 0.25) is 0 Å². The lowest BCUT2D eigenvalue weighted by atomic mass is 9.90. The van der Waals surface area contributed by atoms with E-state index in [1.165, 1.54) is 24.0 Å². The largest absolute Gasteiger partial charge is 0.496 e. The van der Waals surface area contributed by atoms with Crippen molar-refractivity contribution in [3.8, 4) is 5.75 Å². The summed E-state index contributed by atoms with van der Waals surface area (Å²) in [6.07, 6.45) is 2.35. The Morgan fingerprint density at radius 2 is 2.06 bits per heavy atom. The molecule has 17 heavy (non-hydrogen) atoms. The first-order valence-corrected chi connectivity index (χ1v) is 6.91. The molecule has 3 heteroatoms. The molecule has 0 saturated heterocycles. The lowest BCUT2D eigenvalue weighted by molar-refractivity contribution is 0.397. The number of ether oxygens (including phenoxy) is 1. The molecular weight excluding hydrogens is 278 g/mol. The molecule has 1 aromatic rings. The molecule has 0 aromatic heterocycles. The minimum atomic E-state index is 0.165. The molecule has 0 heterocycles. The minimum absolute atomic E-state index is 0.165. The van der Waals surface area contributed by atoms with Gasteiger partial charge in [0.2, 0.25) is 0 Å². The lowest BCUT2D eigenvalue weighted by Crippen LogP contribution is -2.21. The number of nitrogens with two attached hydrogens (primary N) is 1. The molecule has 0 amide bonds. The smallest absolute Gasteiger partial charge is 0.126 e. The van der Waals surface area contributed by atoms with Crippen LogP contribution in [0.15, 0.2) is 16.6 Å². The molecule has 2 rings (SSSR count). The second-order valence-corrected chi connectivity index (χ2v) is 6.13. The van der Waals surface area contributed by atoms with Gasteiger partial charge in [-0.2, -0.15) is 0 Å². The van der Waals surface area contributed by atoms with Crippen molar-refractivity contribution in [1.82, 2.24) is 0 Å². The normalized spacial score (nSPS) is 17.3. The van der Waals surface area contributed by atoms with E-state index in [1.807, 2.05) is 0 Å². The third-order valence-corrected chi connectivity index (χ3v) is 4.18. The second-order valence-electron chi connectivity index (χ2n) is 5.21. The summed E-state index contributed by atoms with van der Waals surface area (Å²) in [5.41, 5.74) is 8.63. The molecule has 1 fully saturated rings. The monoisotopic (exact) mass is 297 g/mol. The van der Waals surface area contributed by atoms with E-state index < -0.39 is 0 Å². The van der Waals surface area contributed by atoms with Crippen molar-refractivity contribution < 1.29 is 4.74 Å². The Bertz CT molecular complexity index is 424. The van der Waals surface area contributed by atoms with Crippen LogP contribution in [0.5, 0.6) is 5.75 Å². The molecular formula is C14H20BrNO. The molecule has 1 aliphatic rings. The molecule has 1 aromatic carbocycles. The molecule has 94 valence electrons. The van der Waals surface area contributed by atoms with E-state index in [2.05, 4.69) is 41.9 Å². The average molecular weight is 298 g/mol. The molecule has 0 atom stereocenters. The number of hydrogen-bond donors (Lipinski definition) is 1. The molecule has 1 saturated carbocycles. The average Bonchev–Trinajstić information content (AvgIpc) is 3.08. The van der Waals surface area contributed by atoms with Crippen LogP contribution < -0.4 is 10.5 Å². The summed E-state index contributed by atoms with van der Waals surface area (Å²) >= 11 is 3.60. The zero-order valence-electron chi connectivity index (χ0n) is 10.7. The number of rotatable bonds is 4. The topological polar surface area (TPSA) is 35.2 Å². The number of benzene rings is 1. The van der Waals surface area contributed by atoms with Gasteiger partial charge in [-0.1, -0.05) is 29.8 Å². The quantitative estimate of drug-likeness (QED) is 0.922. The summed E-state index contributed by atoms with van der Waals surface area (Å²) in [6, 6.07) is 4.32. The number of hydrogen-bond acceptors (Lipinski definition) is 2. The standard InChI is InChI=1S/C14H20BrNO/c1-9(2)11-6-10(15)7-12(13(11)17-3)14(8-16)4-5-14/h6-7,9H,4-5,8,16H2,1-3H3. The Morgan fingerprint density at radius 3 is 2.47 bits per heavy atom. The Hall–Kier alpha value is -0.540. The first-order chi connectivity index (χ1) is 8.04. The fourth-order valence-corrected chi connectivity index (χ4v) is 2.88. The van der Waals surface area contributed by atoms with Crippen molar-refractivity contribution in [2.75, 3.05) is 13.7 Å². The van der Waals surface area contributed by atoms with Crippen LogP contribution in [-0.4, -0.2) is 13.7 Å². The van der Waals surface area contributed by atoms with E-state index in [-0.39, 0.29) is 5.41 Å². The third kappa shape index (κ3) is 2.23. The fraction of sp³-hybridized carbons (Fsp3) is 0.571. The Kier molecular flexibility index (Phi) is 3.50. The van der Waals surface area contributed by atoms with Gasteiger partial charge >= 0.3 is 0 Å². The highest BCUT2D eigenvalue weighted by molar-refractivity contribution is 9.10. The van der Waals surface area contributed by atoms with Crippen molar-refractivity contribution in [1.29, 1.82) is 0 Å². The zero-order chi connectivity index (χ0) is 12.6. The number of halogens is 1. The van der Waals surface area contributed by atoms with Crippen molar-refractivity contribution in [3.63, 3.8) is 0 Å². The van der Waals surface area contributed by atoms with Crippen LogP contribution in [0.3, 0.4) is 0 Å². The van der Waals surface area contributed by atoms with Gasteiger partial charge in [-0.05, 0) is 36.5 Å². The third-order valence-electron chi connectivity index (χ3n) is 3.72. The highest BCUT2D eigenvalue weighted by Crippen LogP contribution is 2.52. The van der Waals surface area contributed by atoms with Gasteiger partial charge in [0, 0.05) is 22.0 Å². The Morgan fingerprint density at radius 1 is 1.41 bits per heavy atom. The summed E-state index contributed by atoms with van der Waals surface area (Å²) in [5, 5.41) is 0. The second kappa shape index (κ2) is 4.62. The van der Waals surface area contributed by atoms with E-state index >= 15 is 0 Å². The van der Waals surface area contributed by atoms with Gasteiger partial charge < -0.3 is 10.5 Å². The van der Waals surface area contributed by atoms with Crippen LogP contribution >= 0.6 is 15.9 Å².